The van der Waals surface area contributed by atoms with Gasteiger partial charge in [0.25, 0.3) is 0 Å². The van der Waals surface area contributed by atoms with E-state index in [0.29, 0.717) is 5.11 Å². The van der Waals surface area contributed by atoms with Crippen LogP contribution >= 0.6 is 12.2 Å². The van der Waals surface area contributed by atoms with Crippen LogP contribution in [0.3, 0.4) is 0 Å². The summed E-state index contributed by atoms with van der Waals surface area (Å²) in [5.74, 6) is 1.11. The maximum absolute atomic E-state index is 9.82. The third-order valence-corrected chi connectivity index (χ3v) is 6.45. The molecule has 0 spiro atoms. The Morgan fingerprint density at radius 3 is 2.42 bits per heavy atom. The summed E-state index contributed by atoms with van der Waals surface area (Å²) in [6.07, 6.45) is 3.69. The maximum Gasteiger partial charge on any atom is 0.174 e. The fourth-order valence-electron chi connectivity index (χ4n) is 4.59. The standard InChI is InChI=1S/C26H25N5OS/c1-16-7-12-23(28-15-16)30-17(2)14-21(18(30)3)25-24(22-6-4-5-13-27-22)29-26(33)31(25)19-8-10-20(32)11-9-19/h4-15,24-25,32H,1-3H3,(H,29,33)/t24-,25-/m0/s1. The Morgan fingerprint density at radius 1 is 0.970 bits per heavy atom. The van der Waals surface area contributed by atoms with Crippen molar-refractivity contribution < 1.29 is 5.11 Å². The van der Waals surface area contributed by atoms with Crippen molar-refractivity contribution in [1.29, 1.82) is 0 Å². The van der Waals surface area contributed by atoms with E-state index in [4.69, 9.17) is 12.2 Å². The Kier molecular flexibility index (Phi) is 5.34. The van der Waals surface area contributed by atoms with E-state index < -0.39 is 0 Å². The zero-order valence-corrected chi connectivity index (χ0v) is 19.5. The van der Waals surface area contributed by atoms with Crippen LogP contribution in [0.1, 0.15) is 40.3 Å². The number of aromatic hydroxyl groups is 1. The molecule has 6 nitrogen and oxygen atoms in total. The number of phenolic OH excluding ortho intramolecular Hbond substituents is 1. The van der Waals surface area contributed by atoms with Crippen molar-refractivity contribution in [3.63, 3.8) is 0 Å². The van der Waals surface area contributed by atoms with Crippen molar-refractivity contribution in [3.8, 4) is 11.6 Å². The lowest BCUT2D eigenvalue weighted by Crippen LogP contribution is -2.29. The lowest BCUT2D eigenvalue weighted by atomic mass is 9.96. The Morgan fingerprint density at radius 2 is 1.76 bits per heavy atom. The third-order valence-electron chi connectivity index (χ3n) is 6.14. The average molecular weight is 456 g/mol. The molecule has 0 unspecified atom stereocenters. The number of nitrogens with zero attached hydrogens (tertiary/aromatic N) is 4. The summed E-state index contributed by atoms with van der Waals surface area (Å²) in [5, 5.41) is 13.9. The highest BCUT2D eigenvalue weighted by molar-refractivity contribution is 7.80. The van der Waals surface area contributed by atoms with E-state index in [1.165, 1.54) is 0 Å². The smallest absolute Gasteiger partial charge is 0.174 e. The van der Waals surface area contributed by atoms with Crippen LogP contribution in [-0.4, -0.2) is 24.8 Å². The molecule has 2 N–H and O–H groups in total. The number of hydrogen-bond donors (Lipinski definition) is 2. The molecule has 166 valence electrons. The molecule has 33 heavy (non-hydrogen) atoms. The number of aryl methyl sites for hydroxylation is 2. The molecule has 1 aliphatic heterocycles. The molecule has 0 bridgehead atoms. The highest BCUT2D eigenvalue weighted by atomic mass is 32.1. The van der Waals surface area contributed by atoms with Crippen molar-refractivity contribution in [2.24, 2.45) is 0 Å². The van der Waals surface area contributed by atoms with Crippen molar-refractivity contribution in [2.75, 3.05) is 4.90 Å². The van der Waals surface area contributed by atoms with Gasteiger partial charge in [-0.05, 0) is 92.6 Å². The van der Waals surface area contributed by atoms with Gasteiger partial charge in [-0.3, -0.25) is 4.98 Å². The molecule has 4 aromatic rings. The van der Waals surface area contributed by atoms with Crippen molar-refractivity contribution in [1.82, 2.24) is 19.9 Å². The van der Waals surface area contributed by atoms with Crippen molar-refractivity contribution in [2.45, 2.75) is 32.9 Å². The molecule has 4 heterocycles. The molecule has 2 atom stereocenters. The molecule has 1 saturated heterocycles. The lowest BCUT2D eigenvalue weighted by Gasteiger charge is -2.28. The molecule has 3 aromatic heterocycles. The predicted octanol–water partition coefficient (Wildman–Crippen LogP) is 5.08. The highest BCUT2D eigenvalue weighted by Crippen LogP contribution is 2.43. The first-order valence-corrected chi connectivity index (χ1v) is 11.3. The Bertz CT molecular complexity index is 1300. The van der Waals surface area contributed by atoms with Crippen molar-refractivity contribution in [3.05, 3.63) is 101 Å². The van der Waals surface area contributed by atoms with Gasteiger partial charge in [-0.15, -0.1) is 0 Å². The maximum atomic E-state index is 9.82. The second kappa shape index (κ2) is 8.33. The molecule has 1 fully saturated rings. The van der Waals surface area contributed by atoms with Crippen LogP contribution in [0.15, 0.2) is 73.1 Å². The second-order valence-corrected chi connectivity index (χ2v) is 8.76. The van der Waals surface area contributed by atoms with E-state index in [-0.39, 0.29) is 17.8 Å². The summed E-state index contributed by atoms with van der Waals surface area (Å²) < 4.78 is 2.18. The second-order valence-electron chi connectivity index (χ2n) is 8.37. The van der Waals surface area contributed by atoms with E-state index >= 15 is 0 Å². The fourth-order valence-corrected chi connectivity index (χ4v) is 4.94. The Labute approximate surface area is 198 Å². The molecule has 0 radical (unpaired) electrons. The molecule has 1 aliphatic rings. The summed E-state index contributed by atoms with van der Waals surface area (Å²) in [7, 11) is 0. The first-order valence-electron chi connectivity index (χ1n) is 10.9. The molecule has 0 aliphatic carbocycles. The number of benzene rings is 1. The van der Waals surface area contributed by atoms with Crippen LogP contribution in [0.25, 0.3) is 5.82 Å². The molecule has 0 amide bonds. The largest absolute Gasteiger partial charge is 0.508 e. The number of aromatic nitrogens is 3. The SMILES string of the molecule is Cc1ccc(-n2c(C)cc([C@H]3[C@H](c4ccccn4)NC(=S)N3c3ccc(O)cc3)c2C)nc1. The predicted molar refractivity (Wildman–Crippen MR) is 134 cm³/mol. The van der Waals surface area contributed by atoms with E-state index in [0.717, 1.165) is 39.7 Å². The van der Waals surface area contributed by atoms with E-state index in [1.807, 2.05) is 49.5 Å². The number of anilines is 1. The van der Waals surface area contributed by atoms with Crippen LogP contribution in [0.5, 0.6) is 5.75 Å². The topological polar surface area (TPSA) is 66.2 Å². The Balaban J connectivity index is 1.67. The first-order chi connectivity index (χ1) is 15.9. The zero-order valence-electron chi connectivity index (χ0n) is 18.7. The van der Waals surface area contributed by atoms with Gasteiger partial charge in [-0.2, -0.15) is 0 Å². The monoisotopic (exact) mass is 455 g/mol. The molecule has 7 heteroatoms. The van der Waals surface area contributed by atoms with E-state index in [9.17, 15) is 5.11 Å². The number of thiocarbonyl (C=S) groups is 1. The number of rotatable bonds is 4. The average Bonchev–Trinajstić information content (AvgIpc) is 3.31. The van der Waals surface area contributed by atoms with Crippen LogP contribution in [-0.2, 0) is 0 Å². The Hall–Kier alpha value is -3.71. The minimum absolute atomic E-state index is 0.123. The first kappa shape index (κ1) is 21.2. The molecule has 1 aromatic carbocycles. The van der Waals surface area contributed by atoms with Gasteiger partial charge in [0.1, 0.15) is 11.6 Å². The third kappa shape index (κ3) is 3.74. The summed E-state index contributed by atoms with van der Waals surface area (Å²) in [6, 6.07) is 19.1. The van der Waals surface area contributed by atoms with E-state index in [2.05, 4.69) is 50.7 Å². The van der Waals surface area contributed by atoms with Gasteiger partial charge in [0.2, 0.25) is 0 Å². The van der Waals surface area contributed by atoms with Gasteiger partial charge in [0.05, 0.1) is 17.8 Å². The molecular weight excluding hydrogens is 430 g/mol. The van der Waals surface area contributed by atoms with Gasteiger partial charge in [0.15, 0.2) is 5.11 Å². The van der Waals surface area contributed by atoms with Crippen LogP contribution in [0.2, 0.25) is 0 Å². The van der Waals surface area contributed by atoms with Gasteiger partial charge >= 0.3 is 0 Å². The quantitative estimate of drug-likeness (QED) is 0.419. The number of phenols is 1. The summed E-state index contributed by atoms with van der Waals surface area (Å²) in [5.41, 5.74) is 6.30. The van der Waals surface area contributed by atoms with Crippen molar-refractivity contribution >= 4 is 23.0 Å². The molecular formula is C26H25N5OS. The lowest BCUT2D eigenvalue weighted by molar-refractivity contribution is 0.475. The van der Waals surface area contributed by atoms with Gasteiger partial charge < -0.3 is 19.9 Å². The highest BCUT2D eigenvalue weighted by Gasteiger charge is 2.42. The normalized spacial score (nSPS) is 17.9. The fraction of sp³-hybridized carbons (Fsp3) is 0.192. The van der Waals surface area contributed by atoms with Crippen LogP contribution in [0, 0.1) is 20.8 Å². The summed E-state index contributed by atoms with van der Waals surface area (Å²) in [6.45, 7) is 6.25. The van der Waals surface area contributed by atoms with Gasteiger partial charge in [-0.1, -0.05) is 12.1 Å². The number of hydrogen-bond acceptors (Lipinski definition) is 4. The minimum atomic E-state index is -0.132. The van der Waals surface area contributed by atoms with Gasteiger partial charge in [-0.25, -0.2) is 4.98 Å². The summed E-state index contributed by atoms with van der Waals surface area (Å²) >= 11 is 5.81. The minimum Gasteiger partial charge on any atom is -0.508 e. The van der Waals surface area contributed by atoms with Crippen LogP contribution < -0.4 is 10.2 Å². The molecule has 5 rings (SSSR count). The molecule has 0 saturated carbocycles. The van der Waals surface area contributed by atoms with Crippen LogP contribution in [0.4, 0.5) is 5.69 Å². The number of pyridine rings is 2. The number of nitrogens with one attached hydrogen (secondary N) is 1. The zero-order chi connectivity index (χ0) is 23.1. The van der Waals surface area contributed by atoms with Gasteiger partial charge in [0, 0.05) is 29.5 Å². The van der Waals surface area contributed by atoms with E-state index in [1.54, 1.807) is 18.3 Å². The summed E-state index contributed by atoms with van der Waals surface area (Å²) in [4.78, 5) is 11.4.